The predicted molar refractivity (Wildman–Crippen MR) is 90.7 cm³/mol. The van der Waals surface area contributed by atoms with Crippen molar-refractivity contribution in [1.82, 2.24) is 5.32 Å². The normalized spacial score (nSPS) is 20.6. The SMILES string of the molecule is CC1(c2cc(Cl)ccc2Cl)OC(NC(=O)CCCBr)=C(O)C1=O. The van der Waals surface area contributed by atoms with Crippen LogP contribution in [0.15, 0.2) is 29.8 Å². The highest BCUT2D eigenvalue weighted by molar-refractivity contribution is 9.09. The van der Waals surface area contributed by atoms with Gasteiger partial charge < -0.3 is 9.84 Å². The molecule has 1 amide bonds. The zero-order valence-corrected chi connectivity index (χ0v) is 15.3. The summed E-state index contributed by atoms with van der Waals surface area (Å²) in [7, 11) is 0. The molecule has 1 heterocycles. The van der Waals surface area contributed by atoms with Crippen LogP contribution in [0.2, 0.25) is 10.0 Å². The number of nitrogens with one attached hydrogen (secondary N) is 1. The average molecular weight is 423 g/mol. The Morgan fingerprint density at radius 3 is 2.78 bits per heavy atom. The summed E-state index contributed by atoms with van der Waals surface area (Å²) < 4.78 is 5.54. The molecule has 1 aliphatic rings. The van der Waals surface area contributed by atoms with Gasteiger partial charge in [0.15, 0.2) is 0 Å². The van der Waals surface area contributed by atoms with E-state index in [2.05, 4.69) is 21.2 Å². The molecule has 1 unspecified atom stereocenters. The maximum atomic E-state index is 12.4. The van der Waals surface area contributed by atoms with Crippen LogP contribution in [0.25, 0.3) is 0 Å². The lowest BCUT2D eigenvalue weighted by Crippen LogP contribution is -2.32. The van der Waals surface area contributed by atoms with Gasteiger partial charge >= 0.3 is 0 Å². The minimum Gasteiger partial charge on any atom is -0.501 e. The van der Waals surface area contributed by atoms with E-state index in [-0.39, 0.29) is 23.2 Å². The second kappa shape index (κ2) is 7.11. The Balaban J connectivity index is 2.27. The molecule has 5 nitrogen and oxygen atoms in total. The lowest BCUT2D eigenvalue weighted by Gasteiger charge is -2.24. The number of alkyl halides is 1. The van der Waals surface area contributed by atoms with E-state index in [1.807, 2.05) is 0 Å². The van der Waals surface area contributed by atoms with Crippen molar-refractivity contribution in [1.29, 1.82) is 0 Å². The fourth-order valence-corrected chi connectivity index (χ4v) is 2.92. The molecule has 0 aliphatic carbocycles. The van der Waals surface area contributed by atoms with Crippen molar-refractivity contribution in [2.24, 2.45) is 0 Å². The summed E-state index contributed by atoms with van der Waals surface area (Å²) >= 11 is 15.3. The van der Waals surface area contributed by atoms with Gasteiger partial charge in [0.05, 0.1) is 0 Å². The highest BCUT2D eigenvalue weighted by atomic mass is 79.9. The summed E-state index contributed by atoms with van der Waals surface area (Å²) in [6, 6.07) is 4.60. The van der Waals surface area contributed by atoms with E-state index in [0.29, 0.717) is 22.3 Å². The molecule has 1 aromatic rings. The number of ketones is 1. The van der Waals surface area contributed by atoms with Gasteiger partial charge in [-0.05, 0) is 31.5 Å². The third kappa shape index (κ3) is 3.65. The maximum Gasteiger partial charge on any atom is 0.250 e. The molecule has 0 spiro atoms. The van der Waals surface area contributed by atoms with Gasteiger partial charge in [-0.2, -0.15) is 0 Å². The van der Waals surface area contributed by atoms with Crippen LogP contribution in [0.3, 0.4) is 0 Å². The van der Waals surface area contributed by atoms with E-state index in [1.165, 1.54) is 19.1 Å². The predicted octanol–water partition coefficient (Wildman–Crippen LogP) is 3.83. The first-order valence-electron chi connectivity index (χ1n) is 6.78. The Morgan fingerprint density at radius 2 is 2.13 bits per heavy atom. The molecule has 124 valence electrons. The minimum absolute atomic E-state index is 0.230. The monoisotopic (exact) mass is 421 g/mol. The van der Waals surface area contributed by atoms with E-state index in [1.54, 1.807) is 6.07 Å². The summed E-state index contributed by atoms with van der Waals surface area (Å²) in [6.07, 6.45) is 0.847. The van der Waals surface area contributed by atoms with Crippen molar-refractivity contribution in [3.05, 3.63) is 45.5 Å². The molecule has 2 N–H and O–H groups in total. The van der Waals surface area contributed by atoms with Crippen molar-refractivity contribution in [2.75, 3.05) is 5.33 Å². The van der Waals surface area contributed by atoms with Gasteiger partial charge in [-0.15, -0.1) is 0 Å². The molecule has 1 aliphatic heterocycles. The topological polar surface area (TPSA) is 75.6 Å². The van der Waals surface area contributed by atoms with Crippen molar-refractivity contribution >= 4 is 50.8 Å². The van der Waals surface area contributed by atoms with Crippen LogP contribution in [0, 0.1) is 0 Å². The molecule has 23 heavy (non-hydrogen) atoms. The van der Waals surface area contributed by atoms with Crippen molar-refractivity contribution in [2.45, 2.75) is 25.4 Å². The van der Waals surface area contributed by atoms with Gasteiger partial charge in [0.2, 0.25) is 23.2 Å². The number of carbonyl (C=O) groups excluding carboxylic acids is 2. The molecule has 8 heteroatoms. The summed E-state index contributed by atoms with van der Waals surface area (Å²) in [5, 5.41) is 13.7. The third-order valence-electron chi connectivity index (χ3n) is 3.40. The molecule has 2 rings (SSSR count). The van der Waals surface area contributed by atoms with Gasteiger partial charge in [0.1, 0.15) is 0 Å². The number of aliphatic hydroxyl groups excluding tert-OH is 1. The highest BCUT2D eigenvalue weighted by Crippen LogP contribution is 2.41. The Hall–Kier alpha value is -1.24. The van der Waals surface area contributed by atoms with Crippen molar-refractivity contribution in [3.8, 4) is 0 Å². The fraction of sp³-hybridized carbons (Fsp3) is 0.333. The molecular formula is C15H14BrCl2NO4. The van der Waals surface area contributed by atoms with E-state index in [4.69, 9.17) is 27.9 Å². The van der Waals surface area contributed by atoms with E-state index >= 15 is 0 Å². The Kier molecular flexibility index (Phi) is 5.60. The largest absolute Gasteiger partial charge is 0.501 e. The second-order valence-corrected chi connectivity index (χ2v) is 6.74. The third-order valence-corrected chi connectivity index (χ3v) is 4.53. The van der Waals surface area contributed by atoms with Crippen molar-refractivity contribution < 1.29 is 19.4 Å². The molecular weight excluding hydrogens is 409 g/mol. The zero-order valence-electron chi connectivity index (χ0n) is 12.2. The molecule has 0 bridgehead atoms. The molecule has 0 saturated carbocycles. The number of rotatable bonds is 5. The Labute approximate surface area is 151 Å². The van der Waals surface area contributed by atoms with Crippen LogP contribution in [-0.4, -0.2) is 22.1 Å². The first-order chi connectivity index (χ1) is 10.8. The fourth-order valence-electron chi connectivity index (χ4n) is 2.17. The van der Waals surface area contributed by atoms with Crippen LogP contribution < -0.4 is 5.32 Å². The van der Waals surface area contributed by atoms with Gasteiger partial charge in [0, 0.05) is 27.4 Å². The lowest BCUT2D eigenvalue weighted by atomic mass is 9.91. The van der Waals surface area contributed by atoms with Crippen molar-refractivity contribution in [3.63, 3.8) is 0 Å². The Bertz CT molecular complexity index is 692. The number of hydrogen-bond donors (Lipinski definition) is 2. The van der Waals surface area contributed by atoms with Gasteiger partial charge in [-0.1, -0.05) is 39.1 Å². The number of hydrogen-bond acceptors (Lipinski definition) is 4. The number of benzene rings is 1. The molecule has 0 fully saturated rings. The van der Waals surface area contributed by atoms with E-state index in [9.17, 15) is 14.7 Å². The van der Waals surface area contributed by atoms with Gasteiger partial charge in [-0.3, -0.25) is 14.9 Å². The van der Waals surface area contributed by atoms with E-state index < -0.39 is 17.1 Å². The summed E-state index contributed by atoms with van der Waals surface area (Å²) in [4.78, 5) is 24.2. The minimum atomic E-state index is -1.55. The number of ether oxygens (including phenoxy) is 1. The summed E-state index contributed by atoms with van der Waals surface area (Å²) in [5.41, 5.74) is -1.24. The molecule has 0 aromatic heterocycles. The quantitative estimate of drug-likeness (QED) is 0.707. The maximum absolute atomic E-state index is 12.4. The van der Waals surface area contributed by atoms with Crippen LogP contribution in [0.1, 0.15) is 25.3 Å². The van der Waals surface area contributed by atoms with Crippen LogP contribution in [0.5, 0.6) is 0 Å². The Morgan fingerprint density at radius 1 is 1.43 bits per heavy atom. The first kappa shape index (κ1) is 18.1. The summed E-state index contributed by atoms with van der Waals surface area (Å²) in [5.74, 6) is -1.97. The number of halogens is 3. The summed E-state index contributed by atoms with van der Waals surface area (Å²) in [6.45, 7) is 1.46. The van der Waals surface area contributed by atoms with Crippen LogP contribution in [-0.2, 0) is 19.9 Å². The van der Waals surface area contributed by atoms with Crippen LogP contribution in [0.4, 0.5) is 0 Å². The van der Waals surface area contributed by atoms with Gasteiger partial charge in [0.25, 0.3) is 5.78 Å². The smallest absolute Gasteiger partial charge is 0.250 e. The van der Waals surface area contributed by atoms with E-state index in [0.717, 1.165) is 0 Å². The average Bonchev–Trinajstić information content (AvgIpc) is 2.72. The number of Topliss-reactive ketones (excluding diaryl/α,β-unsaturated/α-hetero) is 1. The molecule has 1 atom stereocenters. The molecule has 0 saturated heterocycles. The second-order valence-electron chi connectivity index (χ2n) is 5.11. The number of aliphatic hydroxyl groups is 1. The first-order valence-corrected chi connectivity index (χ1v) is 8.65. The molecule has 1 aromatic carbocycles. The standard InChI is InChI=1S/C15H14BrCl2NO4/c1-15(9-7-8(17)4-5-10(9)18)13(22)12(21)14(23-15)19-11(20)3-2-6-16/h4-5,7,21H,2-3,6H2,1H3,(H,19,20). The highest BCUT2D eigenvalue weighted by Gasteiger charge is 2.49. The zero-order chi connectivity index (χ0) is 17.2. The van der Waals surface area contributed by atoms with Crippen LogP contribution >= 0.6 is 39.1 Å². The molecule has 0 radical (unpaired) electrons. The number of amides is 1. The number of carbonyl (C=O) groups is 2. The lowest BCUT2D eigenvalue weighted by molar-refractivity contribution is -0.133. The van der Waals surface area contributed by atoms with Gasteiger partial charge in [-0.25, -0.2) is 0 Å².